The van der Waals surface area contributed by atoms with Crippen LogP contribution < -0.4 is 8.85 Å². The topological polar surface area (TPSA) is 18.5 Å². The third kappa shape index (κ3) is 4.78. The lowest BCUT2D eigenvalue weighted by atomic mass is 10.3. The molecule has 2 aromatic carbocycles. The van der Waals surface area contributed by atoms with Gasteiger partial charge in [0.05, 0.1) is 0 Å². The Labute approximate surface area is 121 Å². The van der Waals surface area contributed by atoms with Crippen LogP contribution in [0.3, 0.4) is 0 Å². The first kappa shape index (κ1) is 14.2. The van der Waals surface area contributed by atoms with Gasteiger partial charge < -0.3 is 8.85 Å². The van der Waals surface area contributed by atoms with Gasteiger partial charge in [-0.25, -0.2) is 0 Å². The van der Waals surface area contributed by atoms with Crippen LogP contribution in [-0.2, 0) is 0 Å². The van der Waals surface area contributed by atoms with Crippen molar-refractivity contribution in [1.82, 2.24) is 0 Å². The maximum absolute atomic E-state index is 5.96. The Balaban J connectivity index is 2.06. The van der Waals surface area contributed by atoms with Crippen molar-refractivity contribution in [3.63, 3.8) is 0 Å². The highest BCUT2D eigenvalue weighted by Crippen LogP contribution is 2.14. The lowest BCUT2D eigenvalue weighted by molar-refractivity contribution is 0.437. The minimum Gasteiger partial charge on any atom is -0.511 e. The van der Waals surface area contributed by atoms with E-state index in [1.165, 1.54) is 0 Å². The van der Waals surface area contributed by atoms with Crippen molar-refractivity contribution in [2.24, 2.45) is 0 Å². The van der Waals surface area contributed by atoms with E-state index in [1.807, 2.05) is 78.5 Å². The fraction of sp³-hybridized carbons (Fsp3) is 0.0588. The molecule has 0 unspecified atom stereocenters. The second-order valence-corrected chi connectivity index (χ2v) is 5.78. The van der Waals surface area contributed by atoms with E-state index in [2.05, 4.69) is 6.58 Å². The summed E-state index contributed by atoms with van der Waals surface area (Å²) < 4.78 is 11.9. The number of hydrogen-bond donors (Lipinski definition) is 0. The van der Waals surface area contributed by atoms with E-state index < -0.39 is 9.28 Å². The summed E-state index contributed by atoms with van der Waals surface area (Å²) in [6.45, 7) is 3.71. The molecule has 0 atom stereocenters. The Hall–Kier alpha value is -2.26. The minimum atomic E-state index is -1.95. The molecule has 102 valence electrons. The molecule has 0 saturated heterocycles. The molecule has 0 amide bonds. The Morgan fingerprint density at radius 3 is 1.80 bits per heavy atom. The van der Waals surface area contributed by atoms with Gasteiger partial charge in [0, 0.05) is 0 Å². The first-order valence-electron chi connectivity index (χ1n) is 6.59. The molecule has 0 aliphatic carbocycles. The van der Waals surface area contributed by atoms with Gasteiger partial charge in [0.1, 0.15) is 11.5 Å². The average Bonchev–Trinajstić information content (AvgIpc) is 2.49. The summed E-state index contributed by atoms with van der Waals surface area (Å²) in [7, 11) is -1.95. The van der Waals surface area contributed by atoms with E-state index in [1.54, 1.807) is 0 Å². The van der Waals surface area contributed by atoms with Crippen molar-refractivity contribution in [2.45, 2.75) is 6.42 Å². The summed E-state index contributed by atoms with van der Waals surface area (Å²) in [5.41, 5.74) is 2.03. The largest absolute Gasteiger partial charge is 0.511 e. The molecule has 2 rings (SSSR count). The van der Waals surface area contributed by atoms with Crippen LogP contribution in [-0.4, -0.2) is 9.28 Å². The highest BCUT2D eigenvalue weighted by Gasteiger charge is 2.13. The molecule has 20 heavy (non-hydrogen) atoms. The van der Waals surface area contributed by atoms with Crippen molar-refractivity contribution in [3.05, 3.63) is 85.1 Å². The summed E-state index contributed by atoms with van der Waals surface area (Å²) in [5.74, 6) is 1.67. The molecule has 0 radical (unpaired) electrons. The Kier molecular flexibility index (Phi) is 5.67. The molecule has 2 nitrogen and oxygen atoms in total. The van der Waals surface area contributed by atoms with Gasteiger partial charge in [-0.1, -0.05) is 48.6 Å². The second-order valence-electron chi connectivity index (χ2n) is 4.18. The molecule has 0 aromatic heterocycles. The van der Waals surface area contributed by atoms with Gasteiger partial charge in [-0.3, -0.25) is 0 Å². The van der Waals surface area contributed by atoms with E-state index in [0.717, 1.165) is 17.9 Å². The van der Waals surface area contributed by atoms with Gasteiger partial charge in [0.25, 0.3) is 0 Å². The van der Waals surface area contributed by atoms with Gasteiger partial charge >= 0.3 is 9.28 Å². The second kappa shape index (κ2) is 8.02. The Morgan fingerprint density at radius 2 is 1.35 bits per heavy atom. The van der Waals surface area contributed by atoms with Gasteiger partial charge in [-0.05, 0) is 36.4 Å². The minimum absolute atomic E-state index is 0.819. The molecular weight excluding hydrogens is 264 g/mol. The van der Waals surface area contributed by atoms with Crippen LogP contribution in [0.4, 0.5) is 0 Å². The van der Waals surface area contributed by atoms with Crippen LogP contribution in [0, 0.1) is 0 Å². The predicted octanol–water partition coefficient (Wildman–Crippen LogP) is 4.04. The molecule has 0 bridgehead atoms. The monoisotopic (exact) mass is 282 g/mol. The van der Waals surface area contributed by atoms with Crippen molar-refractivity contribution in [2.75, 3.05) is 0 Å². The van der Waals surface area contributed by atoms with E-state index in [9.17, 15) is 0 Å². The highest BCUT2D eigenvalue weighted by molar-refractivity contribution is 6.52. The molecule has 0 N–H and O–H groups in total. The van der Waals surface area contributed by atoms with Crippen molar-refractivity contribution < 1.29 is 8.85 Å². The predicted molar refractivity (Wildman–Crippen MR) is 85.2 cm³/mol. The number of allylic oxidation sites excluding steroid dienone is 2. The van der Waals surface area contributed by atoms with Crippen LogP contribution in [0.15, 0.2) is 85.1 Å². The van der Waals surface area contributed by atoms with Crippen LogP contribution in [0.25, 0.3) is 0 Å². The summed E-state index contributed by atoms with van der Waals surface area (Å²) in [6.07, 6.45) is 4.71. The van der Waals surface area contributed by atoms with Crippen LogP contribution in [0.1, 0.15) is 6.42 Å². The molecule has 0 aliphatic heterocycles. The van der Waals surface area contributed by atoms with E-state index in [0.29, 0.717) is 0 Å². The smallest absolute Gasteiger partial charge is 0.471 e. The quantitative estimate of drug-likeness (QED) is 0.564. The van der Waals surface area contributed by atoms with Gasteiger partial charge in [0.2, 0.25) is 0 Å². The van der Waals surface area contributed by atoms with Crippen molar-refractivity contribution in [1.29, 1.82) is 0 Å². The number of para-hydroxylation sites is 2. The highest BCUT2D eigenvalue weighted by atomic mass is 28.3. The summed E-state index contributed by atoms with van der Waals surface area (Å²) in [4.78, 5) is 0. The lowest BCUT2D eigenvalue weighted by Gasteiger charge is -2.16. The standard InChI is InChI=1S/C17H18O2Si/c1-2-3-10-15-20(18-16-11-6-4-7-12-16)19-17-13-8-5-9-14-17/h2,4-15,20H,1,3H2. The fourth-order valence-electron chi connectivity index (χ4n) is 1.65. The number of hydrogen-bond acceptors (Lipinski definition) is 2. The molecule has 0 fully saturated rings. The normalized spacial score (nSPS) is 10.7. The molecule has 3 heteroatoms. The zero-order chi connectivity index (χ0) is 14.0. The van der Waals surface area contributed by atoms with Crippen LogP contribution in [0.5, 0.6) is 11.5 Å². The van der Waals surface area contributed by atoms with Gasteiger partial charge in [0.15, 0.2) is 0 Å². The molecule has 0 spiro atoms. The number of rotatable bonds is 7. The maximum Gasteiger partial charge on any atom is 0.471 e. The van der Waals surface area contributed by atoms with Crippen molar-refractivity contribution in [3.8, 4) is 11.5 Å². The van der Waals surface area contributed by atoms with Crippen LogP contribution >= 0.6 is 0 Å². The molecule has 0 heterocycles. The SMILES string of the molecule is C=CCC=C[SiH](Oc1ccccc1)Oc1ccccc1. The van der Waals surface area contributed by atoms with E-state index >= 15 is 0 Å². The van der Waals surface area contributed by atoms with E-state index in [-0.39, 0.29) is 0 Å². The Bertz CT molecular complexity index is 496. The molecule has 0 aliphatic rings. The zero-order valence-electron chi connectivity index (χ0n) is 11.3. The zero-order valence-corrected chi connectivity index (χ0v) is 12.5. The lowest BCUT2D eigenvalue weighted by Crippen LogP contribution is -2.27. The maximum atomic E-state index is 5.96. The molecular formula is C17H18O2Si. The van der Waals surface area contributed by atoms with Gasteiger partial charge in [-0.15, -0.1) is 6.58 Å². The molecule has 0 saturated carbocycles. The fourth-order valence-corrected chi connectivity index (χ4v) is 3.09. The third-order valence-corrected chi connectivity index (χ3v) is 4.18. The number of benzene rings is 2. The summed E-state index contributed by atoms with van der Waals surface area (Å²) in [5, 5.41) is 0. The first-order chi connectivity index (χ1) is 9.88. The Morgan fingerprint density at radius 1 is 0.850 bits per heavy atom. The van der Waals surface area contributed by atoms with E-state index in [4.69, 9.17) is 8.85 Å². The first-order valence-corrected chi connectivity index (χ1v) is 8.20. The van der Waals surface area contributed by atoms with Crippen LogP contribution in [0.2, 0.25) is 0 Å². The average molecular weight is 282 g/mol. The molecule has 2 aromatic rings. The van der Waals surface area contributed by atoms with Crippen molar-refractivity contribution >= 4 is 9.28 Å². The van der Waals surface area contributed by atoms with Gasteiger partial charge in [-0.2, -0.15) is 0 Å². The summed E-state index contributed by atoms with van der Waals surface area (Å²) >= 11 is 0. The summed E-state index contributed by atoms with van der Waals surface area (Å²) in [6, 6.07) is 19.5. The third-order valence-electron chi connectivity index (χ3n) is 2.59.